The molecule has 0 unspecified atom stereocenters. The Bertz CT molecular complexity index is 779. The van der Waals surface area contributed by atoms with Crippen LogP contribution in [-0.4, -0.2) is 58.7 Å². The molecule has 2 aliphatic rings. The number of ether oxygens (including phenoxy) is 1. The molecule has 2 saturated heterocycles. The number of rotatable bonds is 7. The van der Waals surface area contributed by atoms with Gasteiger partial charge in [0, 0.05) is 6.54 Å². The van der Waals surface area contributed by atoms with Crippen LogP contribution in [0.5, 0.6) is 0 Å². The maximum atomic E-state index is 12.6. The van der Waals surface area contributed by atoms with Crippen LogP contribution in [0.2, 0.25) is 0 Å². The number of hydrogen-bond acceptors (Lipinski definition) is 4. The van der Waals surface area contributed by atoms with Gasteiger partial charge in [0.05, 0.1) is 19.3 Å². The molecular weight excluding hydrogens is 368 g/mol. The minimum absolute atomic E-state index is 0.0240. The lowest BCUT2D eigenvalue weighted by Crippen LogP contribution is -2.40. The number of β-amino-alcohol motifs (C(OH)–C–C–N with tert-alkyl or cyclic N) is 1. The van der Waals surface area contributed by atoms with Crippen LogP contribution in [0.1, 0.15) is 36.5 Å². The average molecular weight is 394 g/mol. The van der Waals surface area contributed by atoms with Crippen molar-refractivity contribution in [3.05, 3.63) is 71.8 Å². The summed E-state index contributed by atoms with van der Waals surface area (Å²) in [7, 11) is 0. The molecule has 1 N–H and O–H groups in total. The molecule has 2 aliphatic heterocycles. The fourth-order valence-electron chi connectivity index (χ4n) is 4.13. The van der Waals surface area contributed by atoms with Crippen molar-refractivity contribution < 1.29 is 19.4 Å². The van der Waals surface area contributed by atoms with Crippen molar-refractivity contribution in [2.45, 2.75) is 37.5 Å². The van der Waals surface area contributed by atoms with Gasteiger partial charge in [-0.3, -0.25) is 9.69 Å². The van der Waals surface area contributed by atoms with Crippen LogP contribution in [0.25, 0.3) is 0 Å². The standard InChI is InChI=1S/C23H26N2O4/c26-19(15-25-22(27)20-13-7-8-14-24(20)23(25)28)16-29-21(17-9-3-1-4-10-17)18-11-5-2-6-12-18/h1-6,9-12,19-21,26H,7-8,13-16H2/t19-,20-/m1/s1. The van der Waals surface area contributed by atoms with E-state index in [1.165, 1.54) is 4.90 Å². The van der Waals surface area contributed by atoms with Gasteiger partial charge in [-0.25, -0.2) is 4.79 Å². The number of carbonyl (C=O) groups excluding carboxylic acids is 2. The van der Waals surface area contributed by atoms with Crippen LogP contribution in [-0.2, 0) is 9.53 Å². The van der Waals surface area contributed by atoms with Crippen LogP contribution in [0.4, 0.5) is 4.79 Å². The predicted octanol–water partition coefficient (Wildman–Crippen LogP) is 2.97. The molecule has 0 aromatic heterocycles. The number of nitrogens with zero attached hydrogens (tertiary/aromatic N) is 2. The molecule has 0 radical (unpaired) electrons. The number of hydrogen-bond donors (Lipinski definition) is 1. The Kier molecular flexibility index (Phi) is 5.92. The van der Waals surface area contributed by atoms with Crippen molar-refractivity contribution in [1.29, 1.82) is 0 Å². The van der Waals surface area contributed by atoms with Gasteiger partial charge in [-0.2, -0.15) is 0 Å². The Morgan fingerprint density at radius 1 is 0.966 bits per heavy atom. The SMILES string of the molecule is O=C1[C@H]2CCCCN2C(=O)N1C[C@@H](O)COC(c1ccccc1)c1ccccc1. The highest BCUT2D eigenvalue weighted by Crippen LogP contribution is 2.28. The molecule has 2 aromatic rings. The van der Waals surface area contributed by atoms with Crippen LogP contribution < -0.4 is 0 Å². The summed E-state index contributed by atoms with van der Waals surface area (Å²) in [5, 5.41) is 10.5. The highest BCUT2D eigenvalue weighted by molar-refractivity contribution is 6.04. The maximum Gasteiger partial charge on any atom is 0.327 e. The number of urea groups is 1. The predicted molar refractivity (Wildman–Crippen MR) is 108 cm³/mol. The van der Waals surface area contributed by atoms with E-state index >= 15 is 0 Å². The van der Waals surface area contributed by atoms with E-state index in [-0.39, 0.29) is 37.2 Å². The summed E-state index contributed by atoms with van der Waals surface area (Å²) >= 11 is 0. The molecule has 3 amide bonds. The molecule has 0 bridgehead atoms. The summed E-state index contributed by atoms with van der Waals surface area (Å²) < 4.78 is 6.06. The Morgan fingerprint density at radius 3 is 2.17 bits per heavy atom. The number of amides is 3. The Balaban J connectivity index is 1.41. The summed E-state index contributed by atoms with van der Waals surface area (Å²) in [6.07, 6.45) is 1.31. The zero-order chi connectivity index (χ0) is 20.2. The van der Waals surface area contributed by atoms with Gasteiger partial charge in [0.1, 0.15) is 12.1 Å². The Hall–Kier alpha value is -2.70. The van der Waals surface area contributed by atoms with E-state index < -0.39 is 6.10 Å². The van der Waals surface area contributed by atoms with Crippen LogP contribution >= 0.6 is 0 Å². The van der Waals surface area contributed by atoms with Crippen molar-refractivity contribution in [1.82, 2.24) is 9.80 Å². The van der Waals surface area contributed by atoms with Gasteiger partial charge in [0.25, 0.3) is 5.91 Å². The first-order chi connectivity index (χ1) is 14.1. The highest BCUT2D eigenvalue weighted by atomic mass is 16.5. The molecule has 0 aliphatic carbocycles. The first kappa shape index (κ1) is 19.6. The zero-order valence-electron chi connectivity index (χ0n) is 16.3. The molecule has 4 rings (SSSR count). The average Bonchev–Trinajstić information content (AvgIpc) is 3.00. The molecule has 2 aromatic carbocycles. The quantitative estimate of drug-likeness (QED) is 0.733. The molecule has 6 nitrogen and oxygen atoms in total. The lowest BCUT2D eigenvalue weighted by molar-refractivity contribution is -0.130. The summed E-state index contributed by atoms with van der Waals surface area (Å²) in [6.45, 7) is 0.597. The van der Waals surface area contributed by atoms with E-state index in [0.29, 0.717) is 13.0 Å². The fraction of sp³-hybridized carbons (Fsp3) is 0.391. The normalized spacial score (nSPS) is 20.3. The molecule has 2 heterocycles. The molecule has 2 fully saturated rings. The monoisotopic (exact) mass is 394 g/mol. The molecule has 2 atom stereocenters. The lowest BCUT2D eigenvalue weighted by Gasteiger charge is -2.26. The van der Waals surface area contributed by atoms with Crippen LogP contribution in [0.15, 0.2) is 60.7 Å². The van der Waals surface area contributed by atoms with Gasteiger partial charge < -0.3 is 14.7 Å². The third kappa shape index (κ3) is 4.18. The number of aliphatic hydroxyl groups excluding tert-OH is 1. The van der Waals surface area contributed by atoms with E-state index in [1.54, 1.807) is 4.90 Å². The molecule has 6 heteroatoms. The topological polar surface area (TPSA) is 70.1 Å². The summed E-state index contributed by atoms with van der Waals surface area (Å²) in [6, 6.07) is 19.0. The third-order valence-electron chi connectivity index (χ3n) is 5.58. The lowest BCUT2D eigenvalue weighted by atomic mass is 10.0. The van der Waals surface area contributed by atoms with Crippen LogP contribution in [0.3, 0.4) is 0 Å². The number of imide groups is 1. The number of fused-ring (bicyclic) bond motifs is 1. The number of benzene rings is 2. The van der Waals surface area contributed by atoms with Crippen LogP contribution in [0, 0.1) is 0 Å². The van der Waals surface area contributed by atoms with Crippen molar-refractivity contribution in [3.8, 4) is 0 Å². The summed E-state index contributed by atoms with van der Waals surface area (Å²) in [5.74, 6) is -0.198. The highest BCUT2D eigenvalue weighted by Gasteiger charge is 2.46. The molecule has 0 spiro atoms. The van der Waals surface area contributed by atoms with Gasteiger partial charge in [-0.05, 0) is 30.4 Å². The smallest absolute Gasteiger partial charge is 0.327 e. The van der Waals surface area contributed by atoms with Gasteiger partial charge in [-0.15, -0.1) is 0 Å². The van der Waals surface area contributed by atoms with Crippen molar-refractivity contribution in [3.63, 3.8) is 0 Å². The van der Waals surface area contributed by atoms with E-state index in [4.69, 9.17) is 4.74 Å². The summed E-state index contributed by atoms with van der Waals surface area (Å²) in [5.41, 5.74) is 1.97. The van der Waals surface area contributed by atoms with E-state index in [9.17, 15) is 14.7 Å². The fourth-order valence-corrected chi connectivity index (χ4v) is 4.13. The number of piperidine rings is 1. The second kappa shape index (κ2) is 8.76. The van der Waals surface area contributed by atoms with Gasteiger partial charge in [0.15, 0.2) is 0 Å². The minimum atomic E-state index is -0.945. The first-order valence-corrected chi connectivity index (χ1v) is 10.2. The Morgan fingerprint density at radius 2 is 1.59 bits per heavy atom. The number of aliphatic hydroxyl groups is 1. The van der Waals surface area contributed by atoms with Gasteiger partial charge in [0.2, 0.25) is 0 Å². The molecule has 0 saturated carbocycles. The molecular formula is C23H26N2O4. The minimum Gasteiger partial charge on any atom is -0.389 e. The third-order valence-corrected chi connectivity index (χ3v) is 5.58. The Labute approximate surface area is 170 Å². The second-order valence-electron chi connectivity index (χ2n) is 7.62. The van der Waals surface area contributed by atoms with Gasteiger partial charge >= 0.3 is 6.03 Å². The largest absolute Gasteiger partial charge is 0.389 e. The van der Waals surface area contributed by atoms with Gasteiger partial charge in [-0.1, -0.05) is 60.7 Å². The summed E-state index contributed by atoms with van der Waals surface area (Å²) in [4.78, 5) is 27.9. The van der Waals surface area contributed by atoms with E-state index in [1.807, 2.05) is 60.7 Å². The number of carbonyl (C=O) groups is 2. The second-order valence-corrected chi connectivity index (χ2v) is 7.62. The van der Waals surface area contributed by atoms with Crippen molar-refractivity contribution in [2.24, 2.45) is 0 Å². The molecule has 29 heavy (non-hydrogen) atoms. The zero-order valence-corrected chi connectivity index (χ0v) is 16.3. The van der Waals surface area contributed by atoms with E-state index in [0.717, 1.165) is 24.0 Å². The van der Waals surface area contributed by atoms with Crippen molar-refractivity contribution in [2.75, 3.05) is 19.7 Å². The maximum absolute atomic E-state index is 12.6. The first-order valence-electron chi connectivity index (χ1n) is 10.2. The van der Waals surface area contributed by atoms with E-state index in [2.05, 4.69) is 0 Å². The molecule has 152 valence electrons. The van der Waals surface area contributed by atoms with Crippen molar-refractivity contribution >= 4 is 11.9 Å².